The van der Waals surface area contributed by atoms with Crippen molar-refractivity contribution in [1.29, 1.82) is 0 Å². The molecule has 3 aromatic rings. The number of amides is 1. The zero-order valence-corrected chi connectivity index (χ0v) is 26.3. The monoisotopic (exact) mass is 582 g/mol. The lowest BCUT2D eigenvalue weighted by atomic mass is 9.86. The molecule has 0 saturated heterocycles. The Bertz CT molecular complexity index is 1300. The third-order valence-electron chi connectivity index (χ3n) is 7.66. The van der Waals surface area contributed by atoms with Crippen LogP contribution in [0.3, 0.4) is 0 Å². The molecule has 3 rings (SSSR count). The number of aromatic nitrogens is 1. The molecule has 0 aliphatic carbocycles. The minimum Gasteiger partial charge on any atom is -0.483 e. The van der Waals surface area contributed by atoms with E-state index in [2.05, 4.69) is 24.5 Å². The first kappa shape index (κ1) is 32.5. The fraction of sp³-hybridized carbons (Fsp3) is 0.500. The van der Waals surface area contributed by atoms with Crippen molar-refractivity contribution in [2.24, 2.45) is 12.2 Å². The average molecular weight is 583 g/mol. The van der Waals surface area contributed by atoms with Crippen molar-refractivity contribution in [3.05, 3.63) is 53.6 Å². The van der Waals surface area contributed by atoms with Crippen LogP contribution in [0.25, 0.3) is 22.2 Å². The Balaban J connectivity index is 1.95. The number of benzene rings is 2. The number of rotatable bonds is 16. The maximum atomic E-state index is 12.9. The van der Waals surface area contributed by atoms with E-state index in [1.807, 2.05) is 61.8 Å². The van der Waals surface area contributed by atoms with Gasteiger partial charge in [-0.25, -0.2) is 9.10 Å². The Labute approximate surface area is 249 Å². The first-order chi connectivity index (χ1) is 19.8. The molecule has 1 amide bonds. The van der Waals surface area contributed by atoms with Crippen molar-refractivity contribution < 1.29 is 19.1 Å². The third kappa shape index (κ3) is 8.05. The number of nitrogens with zero attached hydrogens (tertiary/aromatic N) is 3. The Morgan fingerprint density at radius 1 is 1.02 bits per heavy atom. The quantitative estimate of drug-likeness (QED) is 0.119. The Hall–Kier alpha value is -3.01. The molecule has 8 nitrogen and oxygen atoms in total. The van der Waals surface area contributed by atoms with E-state index in [-0.39, 0.29) is 18.5 Å². The van der Waals surface area contributed by atoms with Gasteiger partial charge >= 0.3 is 5.97 Å². The molecule has 0 saturated carbocycles. The van der Waals surface area contributed by atoms with Crippen LogP contribution in [0.15, 0.2) is 42.5 Å². The highest BCUT2D eigenvalue weighted by Crippen LogP contribution is 2.44. The van der Waals surface area contributed by atoms with Gasteiger partial charge in [-0.3, -0.25) is 9.93 Å². The number of likely N-dealkylation sites (N-methyl/N-ethyl adjacent to an activating group) is 1. The molecule has 2 N–H and O–H groups in total. The van der Waals surface area contributed by atoms with E-state index < -0.39 is 0 Å². The number of unbranched alkanes of at least 4 members (excludes halogenated alkanes) is 1. The van der Waals surface area contributed by atoms with E-state index in [1.165, 1.54) is 24.8 Å². The molecular weight excluding hydrogens is 536 g/mol. The average Bonchev–Trinajstić information content (AvgIpc) is 3.28. The predicted molar refractivity (Wildman–Crippen MR) is 169 cm³/mol. The molecule has 2 aromatic carbocycles. The highest BCUT2D eigenvalue weighted by Gasteiger charge is 2.26. The first-order valence-corrected chi connectivity index (χ1v) is 15.4. The first-order valence-electron chi connectivity index (χ1n) is 14.5. The summed E-state index contributed by atoms with van der Waals surface area (Å²) in [7, 11) is 7.21. The van der Waals surface area contributed by atoms with Crippen molar-refractivity contribution in [2.45, 2.75) is 58.3 Å². The molecule has 9 heteroatoms. The normalized spacial score (nSPS) is 11.4. The fourth-order valence-corrected chi connectivity index (χ4v) is 5.71. The van der Waals surface area contributed by atoms with Crippen LogP contribution < -0.4 is 9.88 Å². The number of hydrogen-bond acceptors (Lipinski definition) is 7. The van der Waals surface area contributed by atoms with Crippen LogP contribution in [0.4, 0.5) is 0 Å². The van der Waals surface area contributed by atoms with Gasteiger partial charge in [0.25, 0.3) is 5.91 Å². The van der Waals surface area contributed by atoms with Crippen LogP contribution in [0.5, 0.6) is 5.75 Å². The van der Waals surface area contributed by atoms with Gasteiger partial charge in [-0.2, -0.15) is 0 Å². The molecule has 0 radical (unpaired) electrons. The summed E-state index contributed by atoms with van der Waals surface area (Å²) in [6, 6.07) is 13.7. The third-order valence-corrected chi connectivity index (χ3v) is 8.20. The number of fused-ring (bicyclic) bond motifs is 1. The summed E-state index contributed by atoms with van der Waals surface area (Å²) in [6.07, 6.45) is 6.12. The molecule has 41 heavy (non-hydrogen) atoms. The van der Waals surface area contributed by atoms with Crippen LogP contribution in [0.1, 0.15) is 74.2 Å². The number of ether oxygens (including phenoxy) is 2. The second kappa shape index (κ2) is 15.8. The Morgan fingerprint density at radius 2 is 1.71 bits per heavy atom. The second-order valence-electron chi connectivity index (χ2n) is 10.6. The number of hydrogen-bond donors (Lipinski definition) is 1. The van der Waals surface area contributed by atoms with Gasteiger partial charge in [0.15, 0.2) is 6.61 Å². The van der Waals surface area contributed by atoms with Gasteiger partial charge in [-0.15, -0.1) is 0 Å². The minimum atomic E-state index is -0.355. The van der Waals surface area contributed by atoms with Gasteiger partial charge in [-0.05, 0) is 68.5 Å². The number of methoxy groups -OCH3 is 1. The van der Waals surface area contributed by atoms with E-state index in [9.17, 15) is 9.59 Å². The summed E-state index contributed by atoms with van der Waals surface area (Å²) >= 11 is 1.22. The lowest BCUT2D eigenvalue weighted by molar-refractivity contribution is -0.132. The van der Waals surface area contributed by atoms with Crippen LogP contribution in [-0.4, -0.2) is 66.6 Å². The molecule has 1 aromatic heterocycles. The second-order valence-corrected chi connectivity index (χ2v) is 11.4. The Kier molecular flexibility index (Phi) is 12.6. The summed E-state index contributed by atoms with van der Waals surface area (Å²) in [5, 5.41) is 6.69. The van der Waals surface area contributed by atoms with Crippen molar-refractivity contribution in [2.75, 3.05) is 40.9 Å². The number of aryl methyl sites for hydroxylation is 1. The number of nitrogens with two attached hydrogens (primary N) is 1. The highest BCUT2D eigenvalue weighted by atomic mass is 32.2. The zero-order valence-electron chi connectivity index (χ0n) is 25.4. The molecule has 224 valence electrons. The lowest BCUT2D eigenvalue weighted by Gasteiger charge is -2.21. The molecule has 0 bridgehead atoms. The van der Waals surface area contributed by atoms with Crippen molar-refractivity contribution >= 4 is 34.9 Å². The van der Waals surface area contributed by atoms with Gasteiger partial charge < -0.3 is 18.9 Å². The molecule has 0 unspecified atom stereocenters. The fourth-order valence-electron chi connectivity index (χ4n) is 5.48. The van der Waals surface area contributed by atoms with Crippen molar-refractivity contribution in [3.8, 4) is 17.0 Å². The van der Waals surface area contributed by atoms with Gasteiger partial charge in [0.05, 0.1) is 18.4 Å². The summed E-state index contributed by atoms with van der Waals surface area (Å²) in [5.41, 5.74) is 4.76. The SMILES string of the molecule is CCCC(CCC)c1c(-c2ccccc2OCC(=O)N(C)CCCCN(C)SN)n(C)c2cc(C(=O)OC)ccc12. The van der Waals surface area contributed by atoms with Gasteiger partial charge in [-0.1, -0.05) is 44.9 Å². The summed E-state index contributed by atoms with van der Waals surface area (Å²) in [6.45, 7) is 5.94. The predicted octanol–water partition coefficient (Wildman–Crippen LogP) is 6.39. The van der Waals surface area contributed by atoms with Gasteiger partial charge in [0.1, 0.15) is 5.75 Å². The molecular formula is C32H46N4O4S. The van der Waals surface area contributed by atoms with Gasteiger partial charge in [0, 0.05) is 55.8 Å². The van der Waals surface area contributed by atoms with Crippen molar-refractivity contribution in [1.82, 2.24) is 13.8 Å². The van der Waals surface area contributed by atoms with E-state index in [1.54, 1.807) is 4.90 Å². The number of esters is 1. The van der Waals surface area contributed by atoms with Crippen LogP contribution >= 0.6 is 12.1 Å². The van der Waals surface area contributed by atoms with Gasteiger partial charge in [0.2, 0.25) is 0 Å². The Morgan fingerprint density at radius 3 is 2.37 bits per heavy atom. The largest absolute Gasteiger partial charge is 0.483 e. The number of carbonyl (C=O) groups is 2. The van der Waals surface area contributed by atoms with E-state index in [0.29, 0.717) is 23.8 Å². The van der Waals surface area contributed by atoms with Crippen LogP contribution in [-0.2, 0) is 16.6 Å². The van der Waals surface area contributed by atoms with E-state index >= 15 is 0 Å². The molecule has 1 heterocycles. The smallest absolute Gasteiger partial charge is 0.337 e. The minimum absolute atomic E-state index is 0.0365. The van der Waals surface area contributed by atoms with Crippen molar-refractivity contribution in [3.63, 3.8) is 0 Å². The zero-order chi connectivity index (χ0) is 29.9. The molecule has 0 aliphatic rings. The number of para-hydroxylation sites is 1. The highest BCUT2D eigenvalue weighted by molar-refractivity contribution is 7.94. The van der Waals surface area contributed by atoms with E-state index in [4.69, 9.17) is 14.6 Å². The summed E-state index contributed by atoms with van der Waals surface area (Å²) in [5.74, 6) is 0.607. The van der Waals surface area contributed by atoms with E-state index in [0.717, 1.165) is 67.2 Å². The summed E-state index contributed by atoms with van der Waals surface area (Å²) < 4.78 is 15.3. The molecule has 0 spiro atoms. The number of carbonyl (C=O) groups excluding carboxylic acids is 2. The lowest BCUT2D eigenvalue weighted by Crippen LogP contribution is -2.32. The maximum Gasteiger partial charge on any atom is 0.337 e. The topological polar surface area (TPSA) is 90.0 Å². The van der Waals surface area contributed by atoms with Crippen LogP contribution in [0.2, 0.25) is 0 Å². The van der Waals surface area contributed by atoms with Crippen LogP contribution in [0, 0.1) is 0 Å². The maximum absolute atomic E-state index is 12.9. The standard InChI is InChI=1S/C32H46N4O4S/c1-7-13-23(14-8-2)30-25-18-17-24(32(38)39-6)21-27(25)36(5)31(30)26-15-9-10-16-28(26)40-22-29(37)34(3)19-11-12-20-35(4)41-33/h9-10,15-18,21,23H,7-8,11-14,19-20,22,33H2,1-6H3. The molecule has 0 atom stereocenters. The molecule has 0 aliphatic heterocycles. The summed E-state index contributed by atoms with van der Waals surface area (Å²) in [4.78, 5) is 27.0. The molecule has 0 fully saturated rings.